The van der Waals surface area contributed by atoms with Crippen LogP contribution in [0.25, 0.3) is 5.65 Å². The fourth-order valence-electron chi connectivity index (χ4n) is 1.52. The summed E-state index contributed by atoms with van der Waals surface area (Å²) in [6.07, 6.45) is 1.94. The highest BCUT2D eigenvalue weighted by atomic mass is 35.5. The molecule has 0 amide bonds. The SMILES string of the molecule is CN(C)c1ccn2c(CN)c(Cl)nc2c1. The van der Waals surface area contributed by atoms with Crippen molar-refractivity contribution in [1.29, 1.82) is 0 Å². The van der Waals surface area contributed by atoms with Crippen LogP contribution in [0, 0.1) is 0 Å². The topological polar surface area (TPSA) is 46.6 Å². The van der Waals surface area contributed by atoms with Crippen LogP contribution in [0.1, 0.15) is 5.69 Å². The highest BCUT2D eigenvalue weighted by Gasteiger charge is 2.09. The Morgan fingerprint density at radius 3 is 2.87 bits per heavy atom. The van der Waals surface area contributed by atoms with E-state index in [-0.39, 0.29) is 0 Å². The summed E-state index contributed by atoms with van der Waals surface area (Å²) in [6, 6.07) is 3.98. The van der Waals surface area contributed by atoms with Crippen LogP contribution in [-0.4, -0.2) is 23.5 Å². The molecular formula is C10H13ClN4. The van der Waals surface area contributed by atoms with Crippen molar-refractivity contribution in [2.45, 2.75) is 6.54 Å². The zero-order chi connectivity index (χ0) is 11.0. The third-order valence-corrected chi connectivity index (χ3v) is 2.67. The van der Waals surface area contributed by atoms with Crippen molar-refractivity contribution >= 4 is 22.9 Å². The van der Waals surface area contributed by atoms with E-state index in [0.29, 0.717) is 11.7 Å². The van der Waals surface area contributed by atoms with Gasteiger partial charge in [-0.1, -0.05) is 11.6 Å². The highest BCUT2D eigenvalue weighted by Crippen LogP contribution is 2.20. The first kappa shape index (κ1) is 10.3. The fraction of sp³-hybridized carbons (Fsp3) is 0.300. The molecule has 2 heterocycles. The number of halogens is 1. The monoisotopic (exact) mass is 224 g/mol. The summed E-state index contributed by atoms with van der Waals surface area (Å²) in [5.74, 6) is 0. The van der Waals surface area contributed by atoms with E-state index in [1.165, 1.54) is 0 Å². The molecule has 80 valence electrons. The Hall–Kier alpha value is -1.26. The molecule has 2 aromatic rings. The molecule has 0 saturated carbocycles. The summed E-state index contributed by atoms with van der Waals surface area (Å²) >= 11 is 5.97. The van der Waals surface area contributed by atoms with Gasteiger partial charge in [-0.25, -0.2) is 4.98 Å². The second-order valence-corrected chi connectivity index (χ2v) is 3.92. The van der Waals surface area contributed by atoms with Gasteiger partial charge in [0, 0.05) is 38.6 Å². The number of hydrogen-bond donors (Lipinski definition) is 1. The van der Waals surface area contributed by atoms with Crippen LogP contribution in [0.15, 0.2) is 18.3 Å². The molecule has 2 rings (SSSR count). The lowest BCUT2D eigenvalue weighted by molar-refractivity contribution is 0.957. The van der Waals surface area contributed by atoms with E-state index in [1.807, 2.05) is 41.7 Å². The largest absolute Gasteiger partial charge is 0.378 e. The maximum Gasteiger partial charge on any atom is 0.152 e. The van der Waals surface area contributed by atoms with Crippen molar-refractivity contribution in [3.63, 3.8) is 0 Å². The van der Waals surface area contributed by atoms with Crippen molar-refractivity contribution in [3.8, 4) is 0 Å². The van der Waals surface area contributed by atoms with E-state index in [2.05, 4.69) is 4.98 Å². The molecule has 15 heavy (non-hydrogen) atoms. The molecule has 5 heteroatoms. The first-order chi connectivity index (χ1) is 7.13. The van der Waals surface area contributed by atoms with E-state index in [4.69, 9.17) is 17.3 Å². The quantitative estimate of drug-likeness (QED) is 0.841. The Morgan fingerprint density at radius 1 is 1.53 bits per heavy atom. The predicted octanol–water partition coefficient (Wildman–Crippen LogP) is 1.51. The Balaban J connectivity index is 2.64. The number of nitrogens with zero attached hydrogens (tertiary/aromatic N) is 3. The molecule has 0 spiro atoms. The first-order valence-corrected chi connectivity index (χ1v) is 5.05. The van der Waals surface area contributed by atoms with E-state index in [9.17, 15) is 0 Å². The highest BCUT2D eigenvalue weighted by molar-refractivity contribution is 6.30. The molecule has 0 atom stereocenters. The molecule has 0 unspecified atom stereocenters. The van der Waals surface area contributed by atoms with Crippen LogP contribution in [0.4, 0.5) is 5.69 Å². The Labute approximate surface area is 93.3 Å². The second-order valence-electron chi connectivity index (χ2n) is 3.56. The lowest BCUT2D eigenvalue weighted by Gasteiger charge is -2.12. The van der Waals surface area contributed by atoms with Crippen molar-refractivity contribution < 1.29 is 0 Å². The third-order valence-electron chi connectivity index (χ3n) is 2.37. The number of imidazole rings is 1. The molecule has 0 aromatic carbocycles. The second kappa shape index (κ2) is 3.72. The summed E-state index contributed by atoms with van der Waals surface area (Å²) in [4.78, 5) is 6.27. The molecule has 0 bridgehead atoms. The van der Waals surface area contributed by atoms with Crippen LogP contribution in [-0.2, 0) is 6.54 Å². The number of rotatable bonds is 2. The maximum absolute atomic E-state index is 5.97. The van der Waals surface area contributed by atoms with Crippen LogP contribution in [0.3, 0.4) is 0 Å². The van der Waals surface area contributed by atoms with Gasteiger partial charge in [-0.2, -0.15) is 0 Å². The van der Waals surface area contributed by atoms with Crippen LogP contribution < -0.4 is 10.6 Å². The minimum absolute atomic E-state index is 0.390. The van der Waals surface area contributed by atoms with E-state index in [1.54, 1.807) is 0 Å². The van der Waals surface area contributed by atoms with E-state index >= 15 is 0 Å². The minimum Gasteiger partial charge on any atom is -0.378 e. The molecule has 0 aliphatic rings. The molecule has 4 nitrogen and oxygen atoms in total. The van der Waals surface area contributed by atoms with Gasteiger partial charge in [0.1, 0.15) is 5.65 Å². The van der Waals surface area contributed by atoms with Gasteiger partial charge >= 0.3 is 0 Å². The summed E-state index contributed by atoms with van der Waals surface area (Å²) < 4.78 is 1.91. The average Bonchev–Trinajstić information content (AvgIpc) is 2.51. The van der Waals surface area contributed by atoms with Crippen molar-refractivity contribution in [1.82, 2.24) is 9.38 Å². The number of aromatic nitrogens is 2. The zero-order valence-corrected chi connectivity index (χ0v) is 9.49. The summed E-state index contributed by atoms with van der Waals surface area (Å²) in [5.41, 5.74) is 8.36. The molecule has 2 N–H and O–H groups in total. The summed E-state index contributed by atoms with van der Waals surface area (Å²) in [7, 11) is 3.97. The number of pyridine rings is 1. The van der Waals surface area contributed by atoms with E-state index in [0.717, 1.165) is 17.0 Å². The molecule has 0 aliphatic carbocycles. The van der Waals surface area contributed by atoms with Gasteiger partial charge in [0.05, 0.1) is 5.69 Å². The molecular weight excluding hydrogens is 212 g/mol. The van der Waals surface area contributed by atoms with Crippen molar-refractivity contribution in [3.05, 3.63) is 29.2 Å². The molecule has 0 saturated heterocycles. The average molecular weight is 225 g/mol. The summed E-state index contributed by atoms with van der Waals surface area (Å²) in [5, 5.41) is 0.480. The van der Waals surface area contributed by atoms with Crippen LogP contribution in [0.5, 0.6) is 0 Å². The molecule has 0 radical (unpaired) electrons. The predicted molar refractivity (Wildman–Crippen MR) is 62.4 cm³/mol. The molecule has 0 fully saturated rings. The van der Waals surface area contributed by atoms with Crippen LogP contribution in [0.2, 0.25) is 5.15 Å². The van der Waals surface area contributed by atoms with Gasteiger partial charge in [-0.3, -0.25) is 0 Å². The van der Waals surface area contributed by atoms with Gasteiger partial charge in [-0.05, 0) is 6.07 Å². The van der Waals surface area contributed by atoms with Gasteiger partial charge < -0.3 is 15.0 Å². The minimum atomic E-state index is 0.390. The molecule has 2 aromatic heterocycles. The number of fused-ring (bicyclic) bond motifs is 1. The standard InChI is InChI=1S/C10H13ClN4/c1-14(2)7-3-4-15-8(6-12)10(11)13-9(15)5-7/h3-5H,6,12H2,1-2H3. The first-order valence-electron chi connectivity index (χ1n) is 4.67. The Morgan fingerprint density at radius 2 is 2.27 bits per heavy atom. The lowest BCUT2D eigenvalue weighted by atomic mass is 10.3. The van der Waals surface area contributed by atoms with Crippen molar-refractivity contribution in [2.24, 2.45) is 5.73 Å². The number of nitrogens with two attached hydrogens (primary N) is 1. The number of anilines is 1. The lowest BCUT2D eigenvalue weighted by Crippen LogP contribution is -2.09. The van der Waals surface area contributed by atoms with Crippen LogP contribution >= 0.6 is 11.6 Å². The normalized spacial score (nSPS) is 10.9. The number of hydrogen-bond acceptors (Lipinski definition) is 3. The van der Waals surface area contributed by atoms with Gasteiger partial charge in [0.15, 0.2) is 5.15 Å². The van der Waals surface area contributed by atoms with Gasteiger partial charge in [0.2, 0.25) is 0 Å². The van der Waals surface area contributed by atoms with Crippen molar-refractivity contribution in [2.75, 3.05) is 19.0 Å². The zero-order valence-electron chi connectivity index (χ0n) is 8.74. The van der Waals surface area contributed by atoms with Gasteiger partial charge in [0.25, 0.3) is 0 Å². The maximum atomic E-state index is 5.97. The third kappa shape index (κ3) is 1.66. The smallest absolute Gasteiger partial charge is 0.152 e. The Kier molecular flexibility index (Phi) is 2.54. The summed E-state index contributed by atoms with van der Waals surface area (Å²) in [6.45, 7) is 0.390. The Bertz CT molecular complexity index is 489. The van der Waals surface area contributed by atoms with E-state index < -0.39 is 0 Å². The molecule has 0 aliphatic heterocycles. The fourth-order valence-corrected chi connectivity index (χ4v) is 1.77. The van der Waals surface area contributed by atoms with Gasteiger partial charge in [-0.15, -0.1) is 0 Å².